The first-order valence-corrected chi connectivity index (χ1v) is 5.52. The van der Waals surface area contributed by atoms with Crippen LogP contribution in [0.1, 0.15) is 11.1 Å². The summed E-state index contributed by atoms with van der Waals surface area (Å²) in [5.74, 6) is -0.00486. The van der Waals surface area contributed by atoms with Crippen molar-refractivity contribution in [2.24, 2.45) is 0 Å². The van der Waals surface area contributed by atoms with Crippen LogP contribution in [-0.4, -0.2) is 14.0 Å². The molecule has 0 saturated carbocycles. The van der Waals surface area contributed by atoms with Gasteiger partial charge in [-0.3, -0.25) is 9.00 Å². The Morgan fingerprint density at radius 3 is 2.21 bits per heavy atom. The SMILES string of the molecule is O=C(Cl)Cc1ccc(CS(=O)[O-])cc1. The molecule has 14 heavy (non-hydrogen) atoms. The molecule has 1 unspecified atom stereocenters. The average molecular weight is 232 g/mol. The molecule has 0 amide bonds. The second-order valence-electron chi connectivity index (χ2n) is 2.80. The Balaban J connectivity index is 2.68. The number of rotatable bonds is 4. The van der Waals surface area contributed by atoms with E-state index in [1.807, 2.05) is 0 Å². The lowest BCUT2D eigenvalue weighted by Crippen LogP contribution is -1.96. The number of halogens is 1. The van der Waals surface area contributed by atoms with Gasteiger partial charge in [-0.05, 0) is 22.7 Å². The molecule has 0 saturated heterocycles. The summed E-state index contributed by atoms with van der Waals surface area (Å²) < 4.78 is 20.7. The van der Waals surface area contributed by atoms with Crippen LogP contribution in [0, 0.1) is 0 Å². The molecular formula is C9H8ClO3S-. The fourth-order valence-corrected chi connectivity index (χ4v) is 1.67. The molecule has 0 aliphatic rings. The summed E-state index contributed by atoms with van der Waals surface area (Å²) in [7, 11) is 0. The van der Waals surface area contributed by atoms with Gasteiger partial charge in [0.2, 0.25) is 5.24 Å². The molecular weight excluding hydrogens is 224 g/mol. The predicted octanol–water partition coefficient (Wildman–Crippen LogP) is 1.37. The molecule has 1 aromatic carbocycles. The summed E-state index contributed by atoms with van der Waals surface area (Å²) in [6.45, 7) is 0. The van der Waals surface area contributed by atoms with Crippen molar-refractivity contribution in [2.45, 2.75) is 12.2 Å². The average Bonchev–Trinajstić information content (AvgIpc) is 2.06. The summed E-state index contributed by atoms with van der Waals surface area (Å²) in [4.78, 5) is 10.5. The van der Waals surface area contributed by atoms with Crippen molar-refractivity contribution in [3.63, 3.8) is 0 Å². The van der Waals surface area contributed by atoms with Crippen LogP contribution in [0.4, 0.5) is 0 Å². The van der Waals surface area contributed by atoms with E-state index < -0.39 is 16.3 Å². The van der Waals surface area contributed by atoms with E-state index in [9.17, 15) is 13.6 Å². The molecule has 0 spiro atoms. The molecule has 0 aliphatic heterocycles. The minimum Gasteiger partial charge on any atom is -0.772 e. The zero-order chi connectivity index (χ0) is 10.6. The molecule has 0 aromatic heterocycles. The van der Waals surface area contributed by atoms with E-state index in [0.29, 0.717) is 5.56 Å². The highest BCUT2D eigenvalue weighted by atomic mass is 35.5. The van der Waals surface area contributed by atoms with Crippen LogP contribution in [0.5, 0.6) is 0 Å². The number of hydrogen-bond acceptors (Lipinski definition) is 3. The molecule has 1 rings (SSSR count). The highest BCUT2D eigenvalue weighted by molar-refractivity contribution is 7.78. The van der Waals surface area contributed by atoms with Gasteiger partial charge < -0.3 is 4.55 Å². The normalized spacial score (nSPS) is 12.4. The van der Waals surface area contributed by atoms with E-state index in [1.165, 1.54) is 0 Å². The van der Waals surface area contributed by atoms with E-state index in [-0.39, 0.29) is 12.2 Å². The molecule has 0 fully saturated rings. The van der Waals surface area contributed by atoms with E-state index in [1.54, 1.807) is 24.3 Å². The summed E-state index contributed by atoms with van der Waals surface area (Å²) in [5, 5.41) is -0.426. The molecule has 76 valence electrons. The Morgan fingerprint density at radius 2 is 1.79 bits per heavy atom. The van der Waals surface area contributed by atoms with Gasteiger partial charge >= 0.3 is 0 Å². The second-order valence-corrected chi connectivity index (χ2v) is 4.11. The van der Waals surface area contributed by atoms with E-state index >= 15 is 0 Å². The maximum Gasteiger partial charge on any atom is 0.226 e. The van der Waals surface area contributed by atoms with Crippen molar-refractivity contribution in [1.29, 1.82) is 0 Å². The van der Waals surface area contributed by atoms with Crippen molar-refractivity contribution in [1.82, 2.24) is 0 Å². The molecule has 0 bridgehead atoms. The Morgan fingerprint density at radius 1 is 1.29 bits per heavy atom. The summed E-state index contributed by atoms with van der Waals surface area (Å²) in [5.41, 5.74) is 1.48. The third kappa shape index (κ3) is 4.00. The number of carbonyl (C=O) groups is 1. The smallest absolute Gasteiger partial charge is 0.226 e. The molecule has 5 heteroatoms. The largest absolute Gasteiger partial charge is 0.772 e. The van der Waals surface area contributed by atoms with Gasteiger partial charge in [0, 0.05) is 12.2 Å². The zero-order valence-corrected chi connectivity index (χ0v) is 8.81. The molecule has 0 heterocycles. The van der Waals surface area contributed by atoms with Crippen molar-refractivity contribution >= 4 is 27.9 Å². The highest BCUT2D eigenvalue weighted by Crippen LogP contribution is 2.07. The first-order valence-electron chi connectivity index (χ1n) is 3.90. The standard InChI is InChI=1S/C9H9ClO3S/c10-9(11)5-7-1-3-8(4-2-7)6-14(12)13/h1-4H,5-6H2,(H,12,13)/p-1. The summed E-state index contributed by atoms with van der Waals surface area (Å²) >= 11 is 3.12. The zero-order valence-electron chi connectivity index (χ0n) is 7.23. The van der Waals surface area contributed by atoms with Gasteiger partial charge in [0.15, 0.2) is 0 Å². The predicted molar refractivity (Wildman–Crippen MR) is 53.6 cm³/mol. The Bertz CT molecular complexity index is 313. The Kier molecular flexibility index (Phi) is 4.25. The summed E-state index contributed by atoms with van der Waals surface area (Å²) in [6.07, 6.45) is 0.169. The molecule has 0 N–H and O–H groups in total. The van der Waals surface area contributed by atoms with E-state index in [2.05, 4.69) is 0 Å². The lowest BCUT2D eigenvalue weighted by molar-refractivity contribution is -0.111. The van der Waals surface area contributed by atoms with Crippen molar-refractivity contribution in [3.8, 4) is 0 Å². The van der Waals surface area contributed by atoms with Gasteiger partial charge in [-0.25, -0.2) is 0 Å². The number of hydrogen-bond donors (Lipinski definition) is 0. The first-order chi connectivity index (χ1) is 6.58. The van der Waals surface area contributed by atoms with Crippen LogP contribution in [0.3, 0.4) is 0 Å². The highest BCUT2D eigenvalue weighted by Gasteiger charge is 1.99. The van der Waals surface area contributed by atoms with Crippen LogP contribution >= 0.6 is 11.6 Å². The maximum atomic E-state index is 10.5. The monoisotopic (exact) mass is 231 g/mol. The van der Waals surface area contributed by atoms with Crippen LogP contribution in [0.25, 0.3) is 0 Å². The van der Waals surface area contributed by atoms with Gasteiger partial charge in [0.25, 0.3) is 0 Å². The third-order valence-corrected chi connectivity index (χ3v) is 2.35. The molecule has 1 aromatic rings. The maximum absolute atomic E-state index is 10.5. The van der Waals surface area contributed by atoms with Crippen LogP contribution < -0.4 is 0 Å². The fraction of sp³-hybridized carbons (Fsp3) is 0.222. The minimum atomic E-state index is -2.08. The first kappa shape index (κ1) is 11.4. The van der Waals surface area contributed by atoms with Gasteiger partial charge in [0.1, 0.15) is 0 Å². The van der Waals surface area contributed by atoms with Crippen molar-refractivity contribution in [2.75, 3.05) is 0 Å². The van der Waals surface area contributed by atoms with Crippen LogP contribution in [0.15, 0.2) is 24.3 Å². The van der Waals surface area contributed by atoms with Gasteiger partial charge in [-0.15, -0.1) is 0 Å². The van der Waals surface area contributed by atoms with E-state index in [0.717, 1.165) is 5.56 Å². The van der Waals surface area contributed by atoms with E-state index in [4.69, 9.17) is 11.6 Å². The molecule has 0 aliphatic carbocycles. The Hall–Kier alpha value is -0.710. The van der Waals surface area contributed by atoms with Gasteiger partial charge in [-0.2, -0.15) is 0 Å². The fourth-order valence-electron chi connectivity index (χ4n) is 1.05. The lowest BCUT2D eigenvalue weighted by atomic mass is 10.1. The quantitative estimate of drug-likeness (QED) is 0.581. The van der Waals surface area contributed by atoms with Crippen LogP contribution in [0.2, 0.25) is 0 Å². The summed E-state index contributed by atoms with van der Waals surface area (Å²) in [6, 6.07) is 6.74. The minimum absolute atomic E-state index is 0.00486. The number of carbonyl (C=O) groups excluding carboxylic acids is 1. The Labute approximate surface area is 89.4 Å². The van der Waals surface area contributed by atoms with Gasteiger partial charge in [0.05, 0.1) is 0 Å². The van der Waals surface area contributed by atoms with Crippen molar-refractivity contribution in [3.05, 3.63) is 35.4 Å². The molecule has 1 atom stereocenters. The van der Waals surface area contributed by atoms with Crippen molar-refractivity contribution < 1.29 is 13.6 Å². The lowest BCUT2D eigenvalue weighted by Gasteiger charge is -2.05. The molecule has 3 nitrogen and oxygen atoms in total. The topological polar surface area (TPSA) is 57.2 Å². The van der Waals surface area contributed by atoms with Crippen LogP contribution in [-0.2, 0) is 28.0 Å². The second kappa shape index (κ2) is 5.24. The third-order valence-electron chi connectivity index (χ3n) is 1.65. The molecule has 0 radical (unpaired) electrons. The number of benzene rings is 1. The van der Waals surface area contributed by atoms with Gasteiger partial charge in [-0.1, -0.05) is 35.3 Å².